The SMILES string of the molecule is COc1ccc(CN2CCN(C)CC2)cc1C. The van der Waals surface area contributed by atoms with Crippen molar-refractivity contribution in [1.82, 2.24) is 9.80 Å². The van der Waals surface area contributed by atoms with Gasteiger partial charge in [-0.05, 0) is 31.2 Å². The molecule has 0 unspecified atom stereocenters. The zero-order valence-electron chi connectivity index (χ0n) is 11.1. The summed E-state index contributed by atoms with van der Waals surface area (Å²) in [5.41, 5.74) is 2.60. The normalized spacial score (nSPS) is 18.3. The fourth-order valence-corrected chi connectivity index (χ4v) is 2.30. The number of piperazine rings is 1. The molecule has 1 fully saturated rings. The smallest absolute Gasteiger partial charge is 0.121 e. The van der Waals surface area contributed by atoms with Crippen molar-refractivity contribution < 1.29 is 4.74 Å². The molecule has 0 aliphatic carbocycles. The van der Waals surface area contributed by atoms with E-state index >= 15 is 0 Å². The third kappa shape index (κ3) is 3.20. The summed E-state index contributed by atoms with van der Waals surface area (Å²) in [5.74, 6) is 0.979. The van der Waals surface area contributed by atoms with Gasteiger partial charge in [0.05, 0.1) is 7.11 Å². The van der Waals surface area contributed by atoms with Crippen LogP contribution in [0.5, 0.6) is 5.75 Å². The molecule has 17 heavy (non-hydrogen) atoms. The van der Waals surface area contributed by atoms with Crippen molar-refractivity contribution >= 4 is 0 Å². The van der Waals surface area contributed by atoms with Crippen molar-refractivity contribution in [3.05, 3.63) is 29.3 Å². The molecule has 0 spiro atoms. The second-order valence-corrected chi connectivity index (χ2v) is 4.88. The molecule has 0 saturated carbocycles. The first kappa shape index (κ1) is 12.4. The third-order valence-corrected chi connectivity index (χ3v) is 3.46. The second-order valence-electron chi connectivity index (χ2n) is 4.88. The molecule has 2 rings (SSSR count). The molecule has 3 heteroatoms. The molecule has 1 heterocycles. The van der Waals surface area contributed by atoms with E-state index < -0.39 is 0 Å². The highest BCUT2D eigenvalue weighted by atomic mass is 16.5. The standard InChI is InChI=1S/C14H22N2O/c1-12-10-13(4-5-14(12)17-3)11-16-8-6-15(2)7-9-16/h4-5,10H,6-9,11H2,1-3H3. The number of hydrogen-bond acceptors (Lipinski definition) is 3. The lowest BCUT2D eigenvalue weighted by molar-refractivity contribution is 0.148. The number of ether oxygens (including phenoxy) is 1. The molecule has 0 aromatic heterocycles. The average molecular weight is 234 g/mol. The largest absolute Gasteiger partial charge is 0.496 e. The summed E-state index contributed by atoms with van der Waals surface area (Å²) in [5, 5.41) is 0. The summed E-state index contributed by atoms with van der Waals surface area (Å²) in [6.45, 7) is 7.85. The molecular weight excluding hydrogens is 212 g/mol. The monoisotopic (exact) mass is 234 g/mol. The van der Waals surface area contributed by atoms with Gasteiger partial charge in [0.25, 0.3) is 0 Å². The van der Waals surface area contributed by atoms with Gasteiger partial charge in [-0.2, -0.15) is 0 Å². The highest BCUT2D eigenvalue weighted by Gasteiger charge is 2.14. The van der Waals surface area contributed by atoms with Crippen LogP contribution in [-0.2, 0) is 6.54 Å². The molecule has 0 atom stereocenters. The van der Waals surface area contributed by atoms with E-state index in [1.54, 1.807) is 7.11 Å². The van der Waals surface area contributed by atoms with E-state index in [4.69, 9.17) is 4.74 Å². The first-order valence-electron chi connectivity index (χ1n) is 6.23. The molecule has 0 amide bonds. The molecule has 1 aromatic rings. The van der Waals surface area contributed by atoms with Gasteiger partial charge in [-0.3, -0.25) is 4.90 Å². The number of hydrogen-bond donors (Lipinski definition) is 0. The first-order chi connectivity index (χ1) is 8.19. The summed E-state index contributed by atoms with van der Waals surface area (Å²) in [7, 11) is 3.91. The van der Waals surface area contributed by atoms with Crippen LogP contribution in [0.3, 0.4) is 0 Å². The van der Waals surface area contributed by atoms with E-state index in [9.17, 15) is 0 Å². The highest BCUT2D eigenvalue weighted by molar-refractivity contribution is 5.36. The van der Waals surface area contributed by atoms with Crippen molar-refractivity contribution in [3.8, 4) is 5.75 Å². The summed E-state index contributed by atoms with van der Waals surface area (Å²) in [6.07, 6.45) is 0. The maximum absolute atomic E-state index is 5.28. The van der Waals surface area contributed by atoms with E-state index in [-0.39, 0.29) is 0 Å². The number of nitrogens with zero attached hydrogens (tertiary/aromatic N) is 2. The maximum Gasteiger partial charge on any atom is 0.121 e. The van der Waals surface area contributed by atoms with Crippen molar-refractivity contribution in [1.29, 1.82) is 0 Å². The van der Waals surface area contributed by atoms with Crippen molar-refractivity contribution in [3.63, 3.8) is 0 Å². The van der Waals surface area contributed by atoms with Crippen LogP contribution in [0.4, 0.5) is 0 Å². The quantitative estimate of drug-likeness (QED) is 0.792. The predicted octanol–water partition coefficient (Wildman–Crippen LogP) is 1.75. The lowest BCUT2D eigenvalue weighted by Gasteiger charge is -2.32. The van der Waals surface area contributed by atoms with Gasteiger partial charge in [0.2, 0.25) is 0 Å². The first-order valence-corrected chi connectivity index (χ1v) is 6.23. The van der Waals surface area contributed by atoms with E-state index in [1.165, 1.54) is 37.3 Å². The summed E-state index contributed by atoms with van der Waals surface area (Å²) < 4.78 is 5.28. The van der Waals surface area contributed by atoms with Gasteiger partial charge in [-0.25, -0.2) is 0 Å². The zero-order valence-corrected chi connectivity index (χ0v) is 11.1. The van der Waals surface area contributed by atoms with Gasteiger partial charge in [0.1, 0.15) is 5.75 Å². The molecule has 1 aliphatic rings. The van der Waals surface area contributed by atoms with Crippen LogP contribution in [0.25, 0.3) is 0 Å². The molecule has 0 bridgehead atoms. The Kier molecular flexibility index (Phi) is 4.02. The average Bonchev–Trinajstić information content (AvgIpc) is 2.32. The van der Waals surface area contributed by atoms with E-state index in [0.717, 1.165) is 12.3 Å². The van der Waals surface area contributed by atoms with Gasteiger partial charge in [0.15, 0.2) is 0 Å². The molecular formula is C14H22N2O. The number of aryl methyl sites for hydroxylation is 1. The Morgan fingerprint density at radius 1 is 1.18 bits per heavy atom. The lowest BCUT2D eigenvalue weighted by Crippen LogP contribution is -2.43. The molecule has 0 radical (unpaired) electrons. The van der Waals surface area contributed by atoms with Gasteiger partial charge in [0, 0.05) is 32.7 Å². The number of likely N-dealkylation sites (N-methyl/N-ethyl adjacent to an activating group) is 1. The molecule has 0 N–H and O–H groups in total. The minimum Gasteiger partial charge on any atom is -0.496 e. The Morgan fingerprint density at radius 2 is 1.88 bits per heavy atom. The van der Waals surface area contributed by atoms with Crippen molar-refractivity contribution in [2.24, 2.45) is 0 Å². The van der Waals surface area contributed by atoms with Crippen LogP contribution in [0, 0.1) is 6.92 Å². The number of methoxy groups -OCH3 is 1. The molecule has 94 valence electrons. The fraction of sp³-hybridized carbons (Fsp3) is 0.571. The van der Waals surface area contributed by atoms with Crippen LogP contribution < -0.4 is 4.74 Å². The Balaban J connectivity index is 1.97. The van der Waals surface area contributed by atoms with Crippen molar-refractivity contribution in [2.45, 2.75) is 13.5 Å². The van der Waals surface area contributed by atoms with Crippen LogP contribution in [-0.4, -0.2) is 50.1 Å². The highest BCUT2D eigenvalue weighted by Crippen LogP contribution is 2.19. The Bertz CT molecular complexity index is 370. The minimum atomic E-state index is 0.979. The Hall–Kier alpha value is -1.06. The van der Waals surface area contributed by atoms with E-state index in [2.05, 4.69) is 42.0 Å². The van der Waals surface area contributed by atoms with Gasteiger partial charge in [-0.1, -0.05) is 12.1 Å². The van der Waals surface area contributed by atoms with Gasteiger partial charge >= 0.3 is 0 Å². The van der Waals surface area contributed by atoms with Crippen LogP contribution in [0.1, 0.15) is 11.1 Å². The van der Waals surface area contributed by atoms with Crippen LogP contribution in [0.15, 0.2) is 18.2 Å². The molecule has 1 aliphatic heterocycles. The number of benzene rings is 1. The molecule has 1 aromatic carbocycles. The molecule has 3 nitrogen and oxygen atoms in total. The van der Waals surface area contributed by atoms with Gasteiger partial charge in [-0.15, -0.1) is 0 Å². The summed E-state index contributed by atoms with van der Waals surface area (Å²) in [6, 6.07) is 6.47. The van der Waals surface area contributed by atoms with Crippen LogP contribution >= 0.6 is 0 Å². The van der Waals surface area contributed by atoms with E-state index in [0.29, 0.717) is 0 Å². The third-order valence-electron chi connectivity index (χ3n) is 3.46. The zero-order chi connectivity index (χ0) is 12.3. The van der Waals surface area contributed by atoms with Crippen molar-refractivity contribution in [2.75, 3.05) is 40.3 Å². The summed E-state index contributed by atoms with van der Waals surface area (Å²) in [4.78, 5) is 4.90. The number of rotatable bonds is 3. The topological polar surface area (TPSA) is 15.7 Å². The minimum absolute atomic E-state index is 0.979. The Morgan fingerprint density at radius 3 is 2.47 bits per heavy atom. The maximum atomic E-state index is 5.28. The molecule has 1 saturated heterocycles. The van der Waals surface area contributed by atoms with Gasteiger partial charge < -0.3 is 9.64 Å². The predicted molar refractivity (Wildman–Crippen MR) is 70.5 cm³/mol. The van der Waals surface area contributed by atoms with E-state index in [1.807, 2.05) is 0 Å². The Labute approximate surface area is 104 Å². The second kappa shape index (κ2) is 5.52. The van der Waals surface area contributed by atoms with Crippen LogP contribution in [0.2, 0.25) is 0 Å². The fourth-order valence-electron chi connectivity index (χ4n) is 2.30. The summed E-state index contributed by atoms with van der Waals surface area (Å²) >= 11 is 0. The lowest BCUT2D eigenvalue weighted by atomic mass is 10.1.